The molecule has 2 rings (SSSR count). The molecule has 2 aromatic carbocycles. The molecule has 0 fully saturated rings. The van der Waals surface area contributed by atoms with E-state index in [9.17, 15) is 17.6 Å². The second-order valence-electron chi connectivity index (χ2n) is 5.18. The van der Waals surface area contributed by atoms with Crippen molar-refractivity contribution in [3.05, 3.63) is 53.8 Å². The highest BCUT2D eigenvalue weighted by atomic mass is 32.2. The van der Waals surface area contributed by atoms with E-state index >= 15 is 0 Å². The quantitative estimate of drug-likeness (QED) is 0.812. The zero-order valence-corrected chi connectivity index (χ0v) is 14.2. The first kappa shape index (κ1) is 17.9. The lowest BCUT2D eigenvalue weighted by molar-refractivity contribution is -0.142. The van der Waals surface area contributed by atoms with Gasteiger partial charge in [0.05, 0.1) is 25.0 Å². The number of nitrogens with one attached hydrogen (secondary N) is 1. The second kappa shape index (κ2) is 7.44. The first-order valence-electron chi connectivity index (χ1n) is 7.32. The maximum absolute atomic E-state index is 14.9. The molecule has 0 saturated heterocycles. The molecule has 0 aliphatic rings. The van der Waals surface area contributed by atoms with Gasteiger partial charge in [-0.05, 0) is 24.1 Å². The van der Waals surface area contributed by atoms with Gasteiger partial charge in [0.15, 0.2) is 5.82 Å². The zero-order valence-electron chi connectivity index (χ0n) is 13.4. The Hall–Kier alpha value is -2.41. The molecule has 0 radical (unpaired) electrons. The van der Waals surface area contributed by atoms with Crippen LogP contribution in [0.2, 0.25) is 0 Å². The van der Waals surface area contributed by atoms with Gasteiger partial charge in [-0.1, -0.05) is 36.4 Å². The lowest BCUT2D eigenvalue weighted by atomic mass is 9.96. The van der Waals surface area contributed by atoms with Crippen molar-refractivity contribution in [2.75, 3.05) is 17.6 Å². The molecular weight excluding hydrogens is 333 g/mol. The summed E-state index contributed by atoms with van der Waals surface area (Å²) in [6.45, 7) is 1.92. The molecule has 1 N–H and O–H groups in total. The normalized spacial score (nSPS) is 11.1. The average molecular weight is 351 g/mol. The molecule has 0 aliphatic heterocycles. The molecule has 0 aliphatic carbocycles. The number of carbonyl (C=O) groups is 1. The van der Waals surface area contributed by atoms with E-state index in [4.69, 9.17) is 4.74 Å². The number of anilines is 1. The van der Waals surface area contributed by atoms with Gasteiger partial charge in [0, 0.05) is 5.56 Å². The molecule has 0 heterocycles. The van der Waals surface area contributed by atoms with Crippen molar-refractivity contribution < 1.29 is 22.3 Å². The molecule has 0 saturated carbocycles. The molecule has 0 aromatic heterocycles. The van der Waals surface area contributed by atoms with Crippen LogP contribution < -0.4 is 4.72 Å². The Bertz CT molecular complexity index is 835. The van der Waals surface area contributed by atoms with Gasteiger partial charge in [-0.3, -0.25) is 9.52 Å². The number of carbonyl (C=O) groups excluding carboxylic acids is 1. The summed E-state index contributed by atoms with van der Waals surface area (Å²) in [4.78, 5) is 11.8. The van der Waals surface area contributed by atoms with E-state index in [0.29, 0.717) is 11.1 Å². The Labute approximate surface area is 140 Å². The largest absolute Gasteiger partial charge is 0.466 e. The van der Waals surface area contributed by atoms with E-state index in [1.165, 1.54) is 12.1 Å². The SMILES string of the molecule is CCOC(=O)Cc1ccc(NS(C)(=O)=O)c(F)c1-c1ccccc1. The molecule has 5 nitrogen and oxygen atoms in total. The van der Waals surface area contributed by atoms with Crippen LogP contribution in [0.3, 0.4) is 0 Å². The second-order valence-corrected chi connectivity index (χ2v) is 6.93. The van der Waals surface area contributed by atoms with Gasteiger partial charge in [-0.25, -0.2) is 12.8 Å². The van der Waals surface area contributed by atoms with Crippen molar-refractivity contribution in [2.24, 2.45) is 0 Å². The van der Waals surface area contributed by atoms with Gasteiger partial charge < -0.3 is 4.74 Å². The molecule has 128 valence electrons. The summed E-state index contributed by atoms with van der Waals surface area (Å²) in [5.41, 5.74) is 0.990. The first-order chi connectivity index (χ1) is 11.3. The third kappa shape index (κ3) is 4.55. The topological polar surface area (TPSA) is 72.5 Å². The Balaban J connectivity index is 2.55. The van der Waals surface area contributed by atoms with Crippen LogP contribution in [-0.4, -0.2) is 27.2 Å². The number of esters is 1. The maximum atomic E-state index is 14.9. The highest BCUT2D eigenvalue weighted by molar-refractivity contribution is 7.92. The number of sulfonamides is 1. The monoisotopic (exact) mass is 351 g/mol. The third-order valence-electron chi connectivity index (χ3n) is 3.23. The van der Waals surface area contributed by atoms with Crippen molar-refractivity contribution in [2.45, 2.75) is 13.3 Å². The Kier molecular flexibility index (Phi) is 5.56. The van der Waals surface area contributed by atoms with Gasteiger partial charge >= 0.3 is 5.97 Å². The van der Waals surface area contributed by atoms with Crippen LogP contribution in [-0.2, 0) is 26.0 Å². The third-order valence-corrected chi connectivity index (χ3v) is 3.82. The van der Waals surface area contributed by atoms with Gasteiger partial charge in [-0.2, -0.15) is 0 Å². The van der Waals surface area contributed by atoms with Gasteiger partial charge in [0.25, 0.3) is 0 Å². The Morgan fingerprint density at radius 3 is 2.42 bits per heavy atom. The summed E-state index contributed by atoms with van der Waals surface area (Å²) in [6.07, 6.45) is 0.843. The number of hydrogen-bond acceptors (Lipinski definition) is 4. The van der Waals surface area contributed by atoms with Crippen LogP contribution in [0.4, 0.5) is 10.1 Å². The minimum absolute atomic E-state index is 0.103. The van der Waals surface area contributed by atoms with Crippen LogP contribution in [0.25, 0.3) is 11.1 Å². The fourth-order valence-electron chi connectivity index (χ4n) is 2.33. The summed E-state index contributed by atoms with van der Waals surface area (Å²) >= 11 is 0. The molecular formula is C17H18FNO4S. The highest BCUT2D eigenvalue weighted by Gasteiger charge is 2.19. The van der Waals surface area contributed by atoms with Crippen molar-refractivity contribution in [1.29, 1.82) is 0 Å². The van der Waals surface area contributed by atoms with Gasteiger partial charge in [0.2, 0.25) is 10.0 Å². The number of rotatable bonds is 6. The minimum Gasteiger partial charge on any atom is -0.466 e. The average Bonchev–Trinajstić information content (AvgIpc) is 2.50. The van der Waals surface area contributed by atoms with Gasteiger partial charge in [0.1, 0.15) is 0 Å². The number of ether oxygens (including phenoxy) is 1. The smallest absolute Gasteiger partial charge is 0.310 e. The van der Waals surface area contributed by atoms with Gasteiger partial charge in [-0.15, -0.1) is 0 Å². The predicted octanol–water partition coefficient (Wildman–Crippen LogP) is 2.97. The molecule has 2 aromatic rings. The molecule has 0 atom stereocenters. The van der Waals surface area contributed by atoms with Crippen molar-refractivity contribution in [1.82, 2.24) is 0 Å². The maximum Gasteiger partial charge on any atom is 0.310 e. The van der Waals surface area contributed by atoms with E-state index < -0.39 is 21.8 Å². The Morgan fingerprint density at radius 1 is 1.17 bits per heavy atom. The lowest BCUT2D eigenvalue weighted by Gasteiger charge is -2.14. The molecule has 24 heavy (non-hydrogen) atoms. The van der Waals surface area contributed by atoms with Crippen LogP contribution in [0.15, 0.2) is 42.5 Å². The number of benzene rings is 2. The van der Waals surface area contributed by atoms with Crippen molar-refractivity contribution >= 4 is 21.7 Å². The van der Waals surface area contributed by atoms with Crippen LogP contribution in [0, 0.1) is 5.82 Å². The summed E-state index contributed by atoms with van der Waals surface area (Å²) in [5.74, 6) is -1.20. The van der Waals surface area contributed by atoms with E-state index in [1.807, 2.05) is 0 Å². The summed E-state index contributed by atoms with van der Waals surface area (Å²) in [5, 5.41) is 0. The summed E-state index contributed by atoms with van der Waals surface area (Å²) < 4.78 is 44.8. The summed E-state index contributed by atoms with van der Waals surface area (Å²) in [6, 6.07) is 11.5. The highest BCUT2D eigenvalue weighted by Crippen LogP contribution is 2.32. The summed E-state index contributed by atoms with van der Waals surface area (Å²) in [7, 11) is -3.62. The van der Waals surface area contributed by atoms with E-state index in [1.54, 1.807) is 37.3 Å². The van der Waals surface area contributed by atoms with Crippen molar-refractivity contribution in [3.63, 3.8) is 0 Å². The number of halogens is 1. The molecule has 0 unspecified atom stereocenters. The van der Waals surface area contributed by atoms with E-state index in [-0.39, 0.29) is 24.3 Å². The van der Waals surface area contributed by atoms with E-state index in [2.05, 4.69) is 4.72 Å². The lowest BCUT2D eigenvalue weighted by Crippen LogP contribution is -2.13. The van der Waals surface area contributed by atoms with E-state index in [0.717, 1.165) is 6.26 Å². The molecule has 0 bridgehead atoms. The van der Waals surface area contributed by atoms with Crippen LogP contribution in [0.1, 0.15) is 12.5 Å². The number of hydrogen-bond donors (Lipinski definition) is 1. The Morgan fingerprint density at radius 2 is 1.83 bits per heavy atom. The fraction of sp³-hybridized carbons (Fsp3) is 0.235. The van der Waals surface area contributed by atoms with Crippen LogP contribution >= 0.6 is 0 Å². The van der Waals surface area contributed by atoms with Crippen LogP contribution in [0.5, 0.6) is 0 Å². The fourth-order valence-corrected chi connectivity index (χ4v) is 2.88. The standard InChI is InChI=1S/C17H18FNO4S/c1-3-23-15(20)11-13-9-10-14(19-24(2,21)22)17(18)16(13)12-7-5-4-6-8-12/h4-10,19H,3,11H2,1-2H3. The first-order valence-corrected chi connectivity index (χ1v) is 9.21. The minimum atomic E-state index is -3.62. The molecule has 7 heteroatoms. The zero-order chi connectivity index (χ0) is 17.7. The van der Waals surface area contributed by atoms with Crippen molar-refractivity contribution in [3.8, 4) is 11.1 Å². The molecule has 0 spiro atoms. The predicted molar refractivity (Wildman–Crippen MR) is 90.6 cm³/mol. The molecule has 0 amide bonds.